The lowest BCUT2D eigenvalue weighted by Gasteiger charge is -2.26. The molecule has 0 aliphatic heterocycles. The molecule has 0 N–H and O–H groups in total. The molecule has 0 aliphatic rings. The first-order valence-electron chi connectivity index (χ1n) is 8.85. The highest BCUT2D eigenvalue weighted by Crippen LogP contribution is 2.30. The number of hydrogen-bond acceptors (Lipinski definition) is 0. The SMILES string of the molecule is CC(C)(C)c1cc(CCCc2ccccc2)cc(C(C)(C)C)c1. The fraction of sp³-hybridized carbons (Fsp3) is 0.478. The van der Waals surface area contributed by atoms with Gasteiger partial charge in [0, 0.05) is 0 Å². The Labute approximate surface area is 143 Å². The van der Waals surface area contributed by atoms with Crippen molar-refractivity contribution in [2.45, 2.75) is 71.6 Å². The molecule has 0 spiro atoms. The van der Waals surface area contributed by atoms with Crippen molar-refractivity contribution in [3.63, 3.8) is 0 Å². The third kappa shape index (κ3) is 5.23. The van der Waals surface area contributed by atoms with Crippen LogP contribution >= 0.6 is 0 Å². The van der Waals surface area contributed by atoms with Gasteiger partial charge in [-0.3, -0.25) is 0 Å². The van der Waals surface area contributed by atoms with Crippen LogP contribution in [0.3, 0.4) is 0 Å². The van der Waals surface area contributed by atoms with E-state index in [-0.39, 0.29) is 10.8 Å². The zero-order chi connectivity index (χ0) is 17.1. The first-order valence-corrected chi connectivity index (χ1v) is 8.85. The van der Waals surface area contributed by atoms with E-state index in [0.717, 1.165) is 12.8 Å². The van der Waals surface area contributed by atoms with E-state index in [1.54, 1.807) is 0 Å². The average molecular weight is 309 g/mol. The second-order valence-corrected chi connectivity index (χ2v) is 8.76. The second kappa shape index (κ2) is 6.91. The summed E-state index contributed by atoms with van der Waals surface area (Å²) in [5.41, 5.74) is 6.25. The first-order chi connectivity index (χ1) is 10.7. The third-order valence-electron chi connectivity index (χ3n) is 4.50. The molecule has 0 heteroatoms. The Morgan fingerprint density at radius 1 is 0.609 bits per heavy atom. The molecule has 2 aromatic rings. The maximum absolute atomic E-state index is 2.42. The molecule has 0 aromatic heterocycles. The lowest BCUT2D eigenvalue weighted by atomic mass is 9.79. The molecule has 0 bridgehead atoms. The van der Waals surface area contributed by atoms with Crippen molar-refractivity contribution in [1.29, 1.82) is 0 Å². The van der Waals surface area contributed by atoms with Gasteiger partial charge in [-0.25, -0.2) is 0 Å². The van der Waals surface area contributed by atoms with Gasteiger partial charge in [0.1, 0.15) is 0 Å². The van der Waals surface area contributed by atoms with Crippen molar-refractivity contribution in [2.24, 2.45) is 0 Å². The minimum absolute atomic E-state index is 0.204. The second-order valence-electron chi connectivity index (χ2n) is 8.76. The van der Waals surface area contributed by atoms with E-state index in [9.17, 15) is 0 Å². The van der Waals surface area contributed by atoms with E-state index in [1.165, 1.54) is 28.7 Å². The zero-order valence-corrected chi connectivity index (χ0v) is 15.7. The van der Waals surface area contributed by atoms with Crippen LogP contribution in [0.4, 0.5) is 0 Å². The monoisotopic (exact) mass is 308 g/mol. The van der Waals surface area contributed by atoms with Gasteiger partial charge >= 0.3 is 0 Å². The van der Waals surface area contributed by atoms with Crippen LogP contribution in [-0.2, 0) is 23.7 Å². The van der Waals surface area contributed by atoms with Crippen molar-refractivity contribution < 1.29 is 0 Å². The maximum atomic E-state index is 2.42. The molecule has 2 aromatic carbocycles. The summed E-state index contributed by atoms with van der Waals surface area (Å²) >= 11 is 0. The molecule has 23 heavy (non-hydrogen) atoms. The zero-order valence-electron chi connectivity index (χ0n) is 15.7. The van der Waals surface area contributed by atoms with E-state index in [4.69, 9.17) is 0 Å². The molecule has 0 heterocycles. The summed E-state index contributed by atoms with van der Waals surface area (Å²) in [6.45, 7) is 13.8. The number of hydrogen-bond donors (Lipinski definition) is 0. The van der Waals surface area contributed by atoms with Crippen LogP contribution in [0, 0.1) is 0 Å². The van der Waals surface area contributed by atoms with Crippen LogP contribution in [-0.4, -0.2) is 0 Å². The molecule has 0 fully saturated rings. The predicted octanol–water partition coefficient (Wildman–Crippen LogP) is 6.46. The van der Waals surface area contributed by atoms with Crippen LogP contribution < -0.4 is 0 Å². The predicted molar refractivity (Wildman–Crippen MR) is 102 cm³/mol. The van der Waals surface area contributed by atoms with Gasteiger partial charge in [0.05, 0.1) is 0 Å². The summed E-state index contributed by atoms with van der Waals surface area (Å²) in [4.78, 5) is 0. The summed E-state index contributed by atoms with van der Waals surface area (Å²) in [5, 5.41) is 0. The number of rotatable bonds is 4. The normalized spacial score (nSPS) is 12.4. The highest BCUT2D eigenvalue weighted by molar-refractivity contribution is 5.37. The van der Waals surface area contributed by atoms with Crippen LogP contribution in [0.15, 0.2) is 48.5 Å². The smallest absolute Gasteiger partial charge is 0.0132 e. The van der Waals surface area contributed by atoms with Crippen molar-refractivity contribution >= 4 is 0 Å². The molecule has 0 saturated heterocycles. The Kier molecular flexibility index (Phi) is 5.34. The lowest BCUT2D eigenvalue weighted by molar-refractivity contribution is 0.566. The molecule has 124 valence electrons. The Hall–Kier alpha value is -1.56. The Morgan fingerprint density at radius 2 is 1.09 bits per heavy atom. The van der Waals surface area contributed by atoms with Gasteiger partial charge in [0.15, 0.2) is 0 Å². The minimum Gasteiger partial charge on any atom is -0.0622 e. The van der Waals surface area contributed by atoms with Crippen molar-refractivity contribution in [3.8, 4) is 0 Å². The molecule has 0 amide bonds. The van der Waals surface area contributed by atoms with Crippen LogP contribution in [0.1, 0.15) is 70.2 Å². The summed E-state index contributed by atoms with van der Waals surface area (Å²) in [6.07, 6.45) is 3.52. The number of aryl methyl sites for hydroxylation is 2. The van der Waals surface area contributed by atoms with Gasteiger partial charge in [-0.2, -0.15) is 0 Å². The molecule has 0 nitrogen and oxygen atoms in total. The Morgan fingerprint density at radius 3 is 1.57 bits per heavy atom. The van der Waals surface area contributed by atoms with Crippen LogP contribution in [0.5, 0.6) is 0 Å². The molecule has 0 unspecified atom stereocenters. The lowest BCUT2D eigenvalue weighted by Crippen LogP contribution is -2.17. The summed E-state index contributed by atoms with van der Waals surface area (Å²) < 4.78 is 0. The molecule has 0 saturated carbocycles. The fourth-order valence-corrected chi connectivity index (χ4v) is 2.84. The fourth-order valence-electron chi connectivity index (χ4n) is 2.84. The highest BCUT2D eigenvalue weighted by Gasteiger charge is 2.20. The van der Waals surface area contributed by atoms with Crippen LogP contribution in [0.25, 0.3) is 0 Å². The third-order valence-corrected chi connectivity index (χ3v) is 4.50. The standard InChI is InChI=1S/C23H32/c1-22(2,3)20-15-19(16-21(17-20)23(4,5)6)14-10-13-18-11-8-7-9-12-18/h7-9,11-12,15-17H,10,13-14H2,1-6H3. The van der Waals surface area contributed by atoms with Gasteiger partial charge < -0.3 is 0 Å². The molecule has 0 radical (unpaired) electrons. The quantitative estimate of drug-likeness (QED) is 0.608. The van der Waals surface area contributed by atoms with Gasteiger partial charge in [-0.05, 0) is 52.3 Å². The summed E-state index contributed by atoms with van der Waals surface area (Å²) in [5.74, 6) is 0. The minimum atomic E-state index is 0.204. The van der Waals surface area contributed by atoms with Crippen LogP contribution in [0.2, 0.25) is 0 Å². The molecule has 2 rings (SSSR count). The Bertz CT molecular complexity index is 589. The summed E-state index contributed by atoms with van der Waals surface area (Å²) in [6, 6.07) is 18.0. The van der Waals surface area contributed by atoms with E-state index in [1.807, 2.05) is 0 Å². The average Bonchev–Trinajstić information content (AvgIpc) is 2.46. The van der Waals surface area contributed by atoms with E-state index in [0.29, 0.717) is 0 Å². The van der Waals surface area contributed by atoms with Gasteiger partial charge in [-0.1, -0.05) is 90.1 Å². The van der Waals surface area contributed by atoms with E-state index < -0.39 is 0 Å². The Balaban J connectivity index is 2.17. The van der Waals surface area contributed by atoms with Crippen molar-refractivity contribution in [1.82, 2.24) is 0 Å². The van der Waals surface area contributed by atoms with Gasteiger partial charge in [0.2, 0.25) is 0 Å². The number of benzene rings is 2. The maximum Gasteiger partial charge on any atom is -0.0132 e. The molecular formula is C23H32. The summed E-state index contributed by atoms with van der Waals surface area (Å²) in [7, 11) is 0. The van der Waals surface area contributed by atoms with Crippen molar-refractivity contribution in [3.05, 3.63) is 70.8 Å². The first kappa shape index (κ1) is 17.8. The van der Waals surface area contributed by atoms with Crippen molar-refractivity contribution in [2.75, 3.05) is 0 Å². The van der Waals surface area contributed by atoms with E-state index >= 15 is 0 Å². The largest absolute Gasteiger partial charge is 0.0622 e. The highest BCUT2D eigenvalue weighted by atomic mass is 14.2. The molecule has 0 atom stereocenters. The molecular weight excluding hydrogens is 276 g/mol. The van der Waals surface area contributed by atoms with Gasteiger partial charge in [-0.15, -0.1) is 0 Å². The molecule has 0 aliphatic carbocycles. The van der Waals surface area contributed by atoms with E-state index in [2.05, 4.69) is 90.1 Å². The topological polar surface area (TPSA) is 0 Å². The van der Waals surface area contributed by atoms with Gasteiger partial charge in [0.25, 0.3) is 0 Å².